The lowest BCUT2D eigenvalue weighted by Gasteiger charge is -2.24. The molecule has 19 heavy (non-hydrogen) atoms. The van der Waals surface area contributed by atoms with E-state index in [1.165, 1.54) is 22.6 Å². The smallest absolute Gasteiger partial charge is 0.243 e. The fraction of sp³-hybridized carbons (Fsp3) is 0.583. The largest absolute Gasteiger partial charge is 0.395 e. The summed E-state index contributed by atoms with van der Waals surface area (Å²) in [5.74, 6) is 0.680. The molecule has 0 aromatic carbocycles. The molecule has 106 valence electrons. The van der Waals surface area contributed by atoms with Crippen molar-refractivity contribution >= 4 is 15.8 Å². The van der Waals surface area contributed by atoms with Crippen molar-refractivity contribution in [1.29, 1.82) is 0 Å². The Morgan fingerprint density at radius 2 is 2.32 bits per heavy atom. The van der Waals surface area contributed by atoms with E-state index in [2.05, 4.69) is 10.3 Å². The van der Waals surface area contributed by atoms with Gasteiger partial charge in [0.25, 0.3) is 0 Å². The van der Waals surface area contributed by atoms with Gasteiger partial charge in [-0.05, 0) is 18.4 Å². The first-order chi connectivity index (χ1) is 9.00. The van der Waals surface area contributed by atoms with E-state index in [0.717, 1.165) is 6.42 Å². The lowest BCUT2D eigenvalue weighted by Crippen LogP contribution is -2.39. The molecule has 7 heteroatoms. The van der Waals surface area contributed by atoms with Crippen LogP contribution in [0.5, 0.6) is 0 Å². The number of rotatable bonds is 4. The molecule has 1 aliphatic heterocycles. The van der Waals surface area contributed by atoms with E-state index >= 15 is 0 Å². The van der Waals surface area contributed by atoms with Gasteiger partial charge in [-0.25, -0.2) is 13.4 Å². The zero-order valence-corrected chi connectivity index (χ0v) is 11.9. The molecule has 1 saturated heterocycles. The van der Waals surface area contributed by atoms with Crippen molar-refractivity contribution in [3.63, 3.8) is 0 Å². The Morgan fingerprint density at radius 3 is 2.95 bits per heavy atom. The molecule has 2 rings (SSSR count). The molecule has 1 aromatic heterocycles. The van der Waals surface area contributed by atoms with Gasteiger partial charge in [-0.1, -0.05) is 6.92 Å². The first kappa shape index (κ1) is 14.2. The number of anilines is 1. The van der Waals surface area contributed by atoms with Crippen molar-refractivity contribution in [2.45, 2.75) is 24.3 Å². The van der Waals surface area contributed by atoms with Crippen LogP contribution < -0.4 is 5.32 Å². The van der Waals surface area contributed by atoms with Crippen LogP contribution >= 0.6 is 0 Å². The normalized spacial score (nSPS) is 24.6. The van der Waals surface area contributed by atoms with E-state index in [1.54, 1.807) is 7.05 Å². The van der Waals surface area contributed by atoms with Crippen molar-refractivity contribution in [3.8, 4) is 0 Å². The number of aliphatic hydroxyl groups is 1. The van der Waals surface area contributed by atoms with Crippen molar-refractivity contribution in [1.82, 2.24) is 9.29 Å². The minimum absolute atomic E-state index is 0.148. The minimum Gasteiger partial charge on any atom is -0.395 e. The van der Waals surface area contributed by atoms with E-state index in [9.17, 15) is 13.5 Å². The van der Waals surface area contributed by atoms with Crippen LogP contribution in [-0.4, -0.2) is 49.1 Å². The summed E-state index contributed by atoms with van der Waals surface area (Å²) in [6.45, 7) is 2.26. The van der Waals surface area contributed by atoms with Crippen LogP contribution in [0.1, 0.15) is 13.3 Å². The Kier molecular flexibility index (Phi) is 4.07. The van der Waals surface area contributed by atoms with Gasteiger partial charge in [-0.15, -0.1) is 0 Å². The van der Waals surface area contributed by atoms with Crippen LogP contribution in [0.25, 0.3) is 0 Å². The fourth-order valence-corrected chi connectivity index (χ4v) is 4.13. The van der Waals surface area contributed by atoms with Crippen LogP contribution in [0.3, 0.4) is 0 Å². The van der Waals surface area contributed by atoms with Gasteiger partial charge in [0.15, 0.2) is 0 Å². The van der Waals surface area contributed by atoms with Crippen molar-refractivity contribution in [2.24, 2.45) is 5.92 Å². The maximum atomic E-state index is 12.6. The second-order valence-corrected chi connectivity index (χ2v) is 6.65. The monoisotopic (exact) mass is 285 g/mol. The summed E-state index contributed by atoms with van der Waals surface area (Å²) in [6, 6.07) is 2.65. The summed E-state index contributed by atoms with van der Waals surface area (Å²) in [6.07, 6.45) is 2.24. The molecule has 0 spiro atoms. The lowest BCUT2D eigenvalue weighted by molar-refractivity contribution is 0.191. The molecule has 0 amide bonds. The van der Waals surface area contributed by atoms with E-state index in [0.29, 0.717) is 12.4 Å². The van der Waals surface area contributed by atoms with Gasteiger partial charge in [0.1, 0.15) is 5.82 Å². The summed E-state index contributed by atoms with van der Waals surface area (Å²) < 4.78 is 26.5. The van der Waals surface area contributed by atoms with Crippen LogP contribution in [0, 0.1) is 5.92 Å². The summed E-state index contributed by atoms with van der Waals surface area (Å²) in [4.78, 5) is 4.22. The molecular formula is C12H19N3O3S. The molecule has 2 heterocycles. The van der Waals surface area contributed by atoms with E-state index in [-0.39, 0.29) is 23.5 Å². The molecule has 2 unspecified atom stereocenters. The number of sulfonamides is 1. The van der Waals surface area contributed by atoms with Crippen molar-refractivity contribution in [2.75, 3.05) is 25.5 Å². The zero-order valence-electron chi connectivity index (χ0n) is 11.1. The molecular weight excluding hydrogens is 266 g/mol. The summed E-state index contributed by atoms with van der Waals surface area (Å²) >= 11 is 0. The van der Waals surface area contributed by atoms with Crippen LogP contribution in [0.15, 0.2) is 23.2 Å². The second kappa shape index (κ2) is 5.44. The molecule has 2 N–H and O–H groups in total. The highest BCUT2D eigenvalue weighted by molar-refractivity contribution is 7.89. The molecule has 6 nitrogen and oxygen atoms in total. The maximum Gasteiger partial charge on any atom is 0.243 e. The van der Waals surface area contributed by atoms with Crippen LogP contribution in [0.4, 0.5) is 5.82 Å². The van der Waals surface area contributed by atoms with Crippen LogP contribution in [0.2, 0.25) is 0 Å². The minimum atomic E-state index is -3.57. The van der Waals surface area contributed by atoms with Gasteiger partial charge in [0.2, 0.25) is 10.0 Å². The maximum absolute atomic E-state index is 12.6. The number of pyridine rings is 1. The third kappa shape index (κ3) is 2.58. The van der Waals surface area contributed by atoms with Gasteiger partial charge in [0, 0.05) is 25.9 Å². The zero-order chi connectivity index (χ0) is 14.0. The van der Waals surface area contributed by atoms with Crippen LogP contribution in [-0.2, 0) is 10.0 Å². The Morgan fingerprint density at radius 1 is 1.58 bits per heavy atom. The standard InChI is InChI=1S/C12H19N3O3S/c1-9-4-6-15(11(9)8-16)19(17,18)10-3-5-14-12(7-10)13-2/h3,5,7,9,11,16H,4,6,8H2,1-2H3,(H,13,14). The van der Waals surface area contributed by atoms with Gasteiger partial charge in [0.05, 0.1) is 17.5 Å². The molecule has 0 aliphatic carbocycles. The molecule has 1 fully saturated rings. The van der Waals surface area contributed by atoms with Crippen molar-refractivity contribution < 1.29 is 13.5 Å². The SMILES string of the molecule is CNc1cc(S(=O)(=O)N2CCC(C)C2CO)ccn1. The summed E-state index contributed by atoms with van der Waals surface area (Å²) in [5, 5.41) is 12.2. The summed E-state index contributed by atoms with van der Waals surface area (Å²) in [5.41, 5.74) is 0. The average Bonchev–Trinajstić information content (AvgIpc) is 2.80. The second-order valence-electron chi connectivity index (χ2n) is 4.76. The van der Waals surface area contributed by atoms with Gasteiger partial charge >= 0.3 is 0 Å². The van der Waals surface area contributed by atoms with E-state index in [1.807, 2.05) is 6.92 Å². The highest BCUT2D eigenvalue weighted by atomic mass is 32.2. The van der Waals surface area contributed by atoms with Gasteiger partial charge < -0.3 is 10.4 Å². The quantitative estimate of drug-likeness (QED) is 0.842. The number of hydrogen-bond acceptors (Lipinski definition) is 5. The molecule has 1 aromatic rings. The highest BCUT2D eigenvalue weighted by Crippen LogP contribution is 2.30. The lowest BCUT2D eigenvalue weighted by atomic mass is 10.0. The fourth-order valence-electron chi connectivity index (χ4n) is 2.39. The Balaban J connectivity index is 2.36. The molecule has 2 atom stereocenters. The van der Waals surface area contributed by atoms with Gasteiger partial charge in [-0.3, -0.25) is 0 Å². The Hall–Kier alpha value is -1.18. The summed E-state index contributed by atoms with van der Waals surface area (Å²) in [7, 11) is -1.88. The first-order valence-corrected chi connectivity index (χ1v) is 7.71. The number of nitrogens with one attached hydrogen (secondary N) is 1. The first-order valence-electron chi connectivity index (χ1n) is 6.27. The third-order valence-electron chi connectivity index (χ3n) is 3.61. The number of aliphatic hydroxyl groups excluding tert-OH is 1. The molecule has 0 radical (unpaired) electrons. The van der Waals surface area contributed by atoms with E-state index < -0.39 is 10.0 Å². The Bertz CT molecular complexity index is 547. The Labute approximate surface area is 113 Å². The highest BCUT2D eigenvalue weighted by Gasteiger charge is 2.39. The number of nitrogens with zero attached hydrogens (tertiary/aromatic N) is 2. The molecule has 0 bridgehead atoms. The topological polar surface area (TPSA) is 82.5 Å². The van der Waals surface area contributed by atoms with E-state index in [4.69, 9.17) is 0 Å². The third-order valence-corrected chi connectivity index (χ3v) is 5.53. The molecule has 1 aliphatic rings. The average molecular weight is 285 g/mol. The molecule has 0 saturated carbocycles. The predicted molar refractivity (Wildman–Crippen MR) is 72.3 cm³/mol. The van der Waals surface area contributed by atoms with Gasteiger partial charge in [-0.2, -0.15) is 4.31 Å². The predicted octanol–water partition coefficient (Wildman–Crippen LogP) is 0.515. The number of hydrogen-bond donors (Lipinski definition) is 2. The van der Waals surface area contributed by atoms with Crippen molar-refractivity contribution in [3.05, 3.63) is 18.3 Å². The number of aromatic nitrogens is 1.